The summed E-state index contributed by atoms with van der Waals surface area (Å²) in [5.41, 5.74) is 2.58. The first-order valence-corrected chi connectivity index (χ1v) is 10.00. The largest absolute Gasteiger partial charge is 0.452 e. The number of nitrogens with one attached hydrogen (secondary N) is 1. The van der Waals surface area contributed by atoms with Gasteiger partial charge in [0.25, 0.3) is 5.91 Å². The molecule has 0 radical (unpaired) electrons. The van der Waals surface area contributed by atoms with Crippen LogP contribution in [0.5, 0.6) is 0 Å². The third kappa shape index (κ3) is 5.03. The lowest BCUT2D eigenvalue weighted by molar-refractivity contribution is -0.158. The Labute approximate surface area is 175 Å². The molecule has 0 aliphatic carbocycles. The molecule has 30 heavy (non-hydrogen) atoms. The van der Waals surface area contributed by atoms with Crippen molar-refractivity contribution in [2.75, 3.05) is 11.4 Å². The van der Waals surface area contributed by atoms with E-state index >= 15 is 0 Å². The first kappa shape index (κ1) is 21.5. The Morgan fingerprint density at radius 1 is 1.20 bits per heavy atom. The number of carbonyl (C=O) groups excluding carboxylic acids is 3. The fourth-order valence-corrected chi connectivity index (χ4v) is 3.43. The minimum atomic E-state index is -0.995. The van der Waals surface area contributed by atoms with Gasteiger partial charge in [0, 0.05) is 25.2 Å². The lowest BCUT2D eigenvalue weighted by Gasteiger charge is -2.20. The van der Waals surface area contributed by atoms with Crippen LogP contribution in [0.15, 0.2) is 48.5 Å². The molecule has 1 aliphatic heterocycles. The number of amides is 2. The van der Waals surface area contributed by atoms with E-state index in [2.05, 4.69) is 5.32 Å². The summed E-state index contributed by atoms with van der Waals surface area (Å²) in [5, 5.41) is 2.66. The van der Waals surface area contributed by atoms with E-state index in [0.717, 1.165) is 23.2 Å². The third-order valence-corrected chi connectivity index (χ3v) is 5.16. The molecule has 2 aromatic rings. The molecule has 1 N–H and O–H groups in total. The Balaban J connectivity index is 1.54. The molecule has 1 heterocycles. The number of halogens is 1. The second-order valence-corrected chi connectivity index (χ2v) is 7.31. The van der Waals surface area contributed by atoms with Crippen molar-refractivity contribution in [1.82, 2.24) is 5.32 Å². The maximum absolute atomic E-state index is 12.9. The van der Waals surface area contributed by atoms with Gasteiger partial charge in [-0.25, -0.2) is 4.39 Å². The molecule has 7 heteroatoms. The van der Waals surface area contributed by atoms with Crippen molar-refractivity contribution in [1.29, 1.82) is 0 Å². The Bertz CT molecular complexity index is 929. The number of nitrogens with zero attached hydrogens (tertiary/aromatic N) is 1. The summed E-state index contributed by atoms with van der Waals surface area (Å²) in [7, 11) is 0. The highest BCUT2D eigenvalue weighted by Crippen LogP contribution is 2.29. The van der Waals surface area contributed by atoms with Crippen LogP contribution in [-0.2, 0) is 32.1 Å². The molecule has 0 bridgehead atoms. The summed E-state index contributed by atoms with van der Waals surface area (Å²) in [4.78, 5) is 38.8. The van der Waals surface area contributed by atoms with Gasteiger partial charge >= 0.3 is 5.97 Å². The molecule has 6 nitrogen and oxygen atoms in total. The highest BCUT2D eigenvalue weighted by atomic mass is 19.1. The Morgan fingerprint density at radius 2 is 1.90 bits per heavy atom. The molecule has 1 saturated heterocycles. The monoisotopic (exact) mass is 412 g/mol. The summed E-state index contributed by atoms with van der Waals surface area (Å²) in [6, 6.07) is 13.4. The molecule has 0 unspecified atom stereocenters. The molecule has 2 amide bonds. The van der Waals surface area contributed by atoms with Gasteiger partial charge in [-0.15, -0.1) is 0 Å². The molecular weight excluding hydrogens is 387 g/mol. The summed E-state index contributed by atoms with van der Waals surface area (Å²) < 4.78 is 18.2. The first-order chi connectivity index (χ1) is 14.4. The molecule has 1 fully saturated rings. The van der Waals surface area contributed by atoms with Crippen molar-refractivity contribution < 1.29 is 23.5 Å². The maximum Gasteiger partial charge on any atom is 0.312 e. The van der Waals surface area contributed by atoms with Gasteiger partial charge < -0.3 is 15.0 Å². The molecule has 1 aliphatic rings. The number of rotatable bonds is 7. The van der Waals surface area contributed by atoms with E-state index in [4.69, 9.17) is 4.74 Å². The maximum atomic E-state index is 12.9. The van der Waals surface area contributed by atoms with E-state index < -0.39 is 23.9 Å². The normalized spacial score (nSPS) is 17.0. The molecule has 0 spiro atoms. The van der Waals surface area contributed by atoms with Crippen molar-refractivity contribution in [2.24, 2.45) is 5.92 Å². The minimum Gasteiger partial charge on any atom is -0.452 e. The van der Waals surface area contributed by atoms with Crippen LogP contribution in [0.3, 0.4) is 0 Å². The van der Waals surface area contributed by atoms with Gasteiger partial charge in [0.05, 0.1) is 5.92 Å². The van der Waals surface area contributed by atoms with Crippen molar-refractivity contribution in [3.05, 3.63) is 65.5 Å². The van der Waals surface area contributed by atoms with Gasteiger partial charge in [-0.05, 0) is 42.7 Å². The van der Waals surface area contributed by atoms with Crippen molar-refractivity contribution in [2.45, 2.75) is 39.3 Å². The number of hydrogen-bond acceptors (Lipinski definition) is 4. The molecular formula is C23H25FN2O4. The lowest BCUT2D eigenvalue weighted by Crippen LogP contribution is -2.37. The summed E-state index contributed by atoms with van der Waals surface area (Å²) in [6.07, 6.45) is -0.161. The van der Waals surface area contributed by atoms with Crippen LogP contribution in [0.4, 0.5) is 10.1 Å². The minimum absolute atomic E-state index is 0.0563. The first-order valence-electron chi connectivity index (χ1n) is 10.00. The molecule has 2 atom stereocenters. The number of hydrogen-bond donors (Lipinski definition) is 1. The Hall–Kier alpha value is -3.22. The SMILES string of the molecule is CCc1ccccc1N1C[C@@H](C(=O)O[C@H](C)C(=O)NCc2ccc(F)cc2)CC1=O. The van der Waals surface area contributed by atoms with Gasteiger partial charge in [0.15, 0.2) is 6.10 Å². The van der Waals surface area contributed by atoms with E-state index in [0.29, 0.717) is 0 Å². The zero-order valence-electron chi connectivity index (χ0n) is 17.1. The fourth-order valence-electron chi connectivity index (χ4n) is 3.43. The van der Waals surface area contributed by atoms with E-state index in [1.54, 1.807) is 17.0 Å². The Kier molecular flexibility index (Phi) is 6.82. The quantitative estimate of drug-likeness (QED) is 0.710. The van der Waals surface area contributed by atoms with Crippen LogP contribution in [-0.4, -0.2) is 30.4 Å². The molecule has 158 valence electrons. The predicted octanol–water partition coefficient (Wildman–Crippen LogP) is 2.99. The average molecular weight is 412 g/mol. The second-order valence-electron chi connectivity index (χ2n) is 7.31. The number of aryl methyl sites for hydroxylation is 1. The van der Waals surface area contributed by atoms with Crippen LogP contribution in [0.2, 0.25) is 0 Å². The van der Waals surface area contributed by atoms with Crippen molar-refractivity contribution in [3.8, 4) is 0 Å². The lowest BCUT2D eigenvalue weighted by atomic mass is 10.1. The predicted molar refractivity (Wildman–Crippen MR) is 110 cm³/mol. The highest BCUT2D eigenvalue weighted by Gasteiger charge is 2.37. The second kappa shape index (κ2) is 9.52. The van der Waals surface area contributed by atoms with Gasteiger partial charge in [-0.3, -0.25) is 14.4 Å². The molecule has 2 aromatic carbocycles. The third-order valence-electron chi connectivity index (χ3n) is 5.16. The van der Waals surface area contributed by atoms with Crippen LogP contribution < -0.4 is 10.2 Å². The fraction of sp³-hybridized carbons (Fsp3) is 0.348. The zero-order chi connectivity index (χ0) is 21.7. The number of ether oxygens (including phenoxy) is 1. The van der Waals surface area contributed by atoms with Crippen molar-refractivity contribution >= 4 is 23.5 Å². The average Bonchev–Trinajstić information content (AvgIpc) is 3.14. The number of carbonyl (C=O) groups is 3. The van der Waals surface area contributed by atoms with Crippen molar-refractivity contribution in [3.63, 3.8) is 0 Å². The zero-order valence-corrected chi connectivity index (χ0v) is 17.1. The Morgan fingerprint density at radius 3 is 2.60 bits per heavy atom. The standard InChI is InChI=1S/C23H25FN2O4/c1-3-17-6-4-5-7-20(17)26-14-18(12-21(26)27)23(29)30-15(2)22(28)25-13-16-8-10-19(24)11-9-16/h4-11,15,18H,3,12-14H2,1-2H3,(H,25,28)/t15-,18+/m1/s1. The summed E-state index contributed by atoms with van der Waals surface area (Å²) in [6.45, 7) is 3.93. The number of para-hydroxylation sites is 1. The van der Waals surface area contributed by atoms with Gasteiger partial charge in [0.2, 0.25) is 5.91 Å². The molecule has 3 rings (SSSR count). The van der Waals surface area contributed by atoms with Gasteiger partial charge in [-0.1, -0.05) is 37.3 Å². The number of esters is 1. The van der Waals surface area contributed by atoms with E-state index in [9.17, 15) is 18.8 Å². The van der Waals surface area contributed by atoms with Crippen LogP contribution in [0.25, 0.3) is 0 Å². The van der Waals surface area contributed by atoms with E-state index in [1.165, 1.54) is 19.1 Å². The van der Waals surface area contributed by atoms with Crippen LogP contribution in [0, 0.1) is 11.7 Å². The van der Waals surface area contributed by atoms with Crippen LogP contribution in [0.1, 0.15) is 31.4 Å². The molecule has 0 aromatic heterocycles. The number of anilines is 1. The smallest absolute Gasteiger partial charge is 0.312 e. The number of benzene rings is 2. The van der Waals surface area contributed by atoms with Gasteiger partial charge in [-0.2, -0.15) is 0 Å². The van der Waals surface area contributed by atoms with Gasteiger partial charge in [0.1, 0.15) is 5.82 Å². The highest BCUT2D eigenvalue weighted by molar-refractivity contribution is 6.00. The van der Waals surface area contributed by atoms with E-state index in [-0.39, 0.29) is 31.2 Å². The molecule has 0 saturated carbocycles. The summed E-state index contributed by atoms with van der Waals surface area (Å²) in [5.74, 6) is -2.12. The summed E-state index contributed by atoms with van der Waals surface area (Å²) >= 11 is 0. The van der Waals surface area contributed by atoms with Crippen LogP contribution >= 0.6 is 0 Å². The van der Waals surface area contributed by atoms with E-state index in [1.807, 2.05) is 31.2 Å². The topological polar surface area (TPSA) is 75.7 Å².